The molecule has 0 atom stereocenters. The number of carboxylic acids is 2. The normalized spacial score (nSPS) is 10.6. The molecule has 0 aromatic rings. The van der Waals surface area contributed by atoms with Gasteiger partial charge in [0.25, 0.3) is 0 Å². The third-order valence-corrected chi connectivity index (χ3v) is 3.52. The monoisotopic (exact) mass is 356 g/mol. The van der Waals surface area contributed by atoms with Crippen molar-refractivity contribution in [2.24, 2.45) is 0 Å². The van der Waals surface area contributed by atoms with Gasteiger partial charge in [0, 0.05) is 12.2 Å². The van der Waals surface area contributed by atoms with E-state index in [2.05, 4.69) is 27.8 Å². The molecule has 5 nitrogen and oxygen atoms in total. The SMILES string of the molecule is CCCC[N+](C)(CCCC)CCCC.O=C(O)/C=C\C(=O)O.[H-].[K+]. The van der Waals surface area contributed by atoms with Gasteiger partial charge in [0.15, 0.2) is 0 Å². The molecule has 0 saturated carbocycles. The summed E-state index contributed by atoms with van der Waals surface area (Å²) >= 11 is 0. The summed E-state index contributed by atoms with van der Waals surface area (Å²) < 4.78 is 1.32. The maximum absolute atomic E-state index is 9.55. The molecule has 23 heavy (non-hydrogen) atoms. The van der Waals surface area contributed by atoms with E-state index in [9.17, 15) is 9.59 Å². The second-order valence-corrected chi connectivity index (χ2v) is 5.86. The molecule has 0 aliphatic carbocycles. The molecule has 0 unspecified atom stereocenters. The molecule has 0 rings (SSSR count). The minimum atomic E-state index is -1.26. The van der Waals surface area contributed by atoms with Gasteiger partial charge in [-0.2, -0.15) is 0 Å². The molecule has 0 fully saturated rings. The third kappa shape index (κ3) is 22.3. The van der Waals surface area contributed by atoms with Crippen LogP contribution in [0.15, 0.2) is 12.2 Å². The number of unbranched alkanes of at least 4 members (excludes halogenated alkanes) is 3. The van der Waals surface area contributed by atoms with Crippen molar-refractivity contribution in [3.8, 4) is 0 Å². The fraction of sp³-hybridized carbons (Fsp3) is 0.765. The van der Waals surface area contributed by atoms with Crippen LogP contribution in [0, 0.1) is 0 Å². The van der Waals surface area contributed by atoms with E-state index in [-0.39, 0.29) is 52.8 Å². The Bertz CT molecular complexity index is 301. The summed E-state index contributed by atoms with van der Waals surface area (Å²) in [4.78, 5) is 19.1. The summed E-state index contributed by atoms with van der Waals surface area (Å²) in [5.74, 6) is -2.51. The Morgan fingerprint density at radius 2 is 1.09 bits per heavy atom. The number of quaternary nitrogens is 1. The Kier molecular flexibility index (Phi) is 22.7. The van der Waals surface area contributed by atoms with Crippen molar-refractivity contribution in [3.05, 3.63) is 12.2 Å². The first-order valence-electron chi connectivity index (χ1n) is 8.28. The van der Waals surface area contributed by atoms with Crippen molar-refractivity contribution in [2.75, 3.05) is 26.7 Å². The largest absolute Gasteiger partial charge is 1.00 e. The summed E-state index contributed by atoms with van der Waals surface area (Å²) in [6.07, 6.45) is 9.31. The van der Waals surface area contributed by atoms with Gasteiger partial charge in [-0.1, -0.05) is 40.0 Å². The number of aliphatic carboxylic acids is 2. The predicted molar refractivity (Wildman–Crippen MR) is 91.0 cm³/mol. The summed E-state index contributed by atoms with van der Waals surface area (Å²) in [6.45, 7) is 11.0. The summed E-state index contributed by atoms with van der Waals surface area (Å²) in [5, 5.41) is 15.6. The van der Waals surface area contributed by atoms with E-state index in [0.717, 1.165) is 0 Å². The standard InChI is InChI=1S/C13H30N.C4H4O4.K.H/c1-5-8-11-14(4,12-9-6-2)13-10-7-3;5-3(6)1-2-4(7)8;;/h5-13H2,1-4H3;1-2H,(H,5,6)(H,7,8);;/q+1;;+1;-1/b;2-1-;;. The molecule has 0 aromatic heterocycles. The molecule has 0 aliphatic rings. The van der Waals surface area contributed by atoms with Crippen molar-refractivity contribution >= 4 is 11.9 Å². The zero-order chi connectivity index (χ0) is 17.4. The van der Waals surface area contributed by atoms with Crippen LogP contribution in [-0.4, -0.2) is 53.3 Å². The molecular weight excluding hydrogens is 321 g/mol. The van der Waals surface area contributed by atoms with E-state index >= 15 is 0 Å². The van der Waals surface area contributed by atoms with Crippen LogP contribution < -0.4 is 51.4 Å². The van der Waals surface area contributed by atoms with Crippen molar-refractivity contribution in [3.63, 3.8) is 0 Å². The number of hydrogen-bond donors (Lipinski definition) is 2. The molecule has 0 spiro atoms. The summed E-state index contributed by atoms with van der Waals surface area (Å²) in [5.41, 5.74) is 0. The molecular formula is C17H35KNO4+. The number of carbonyl (C=O) groups is 2. The van der Waals surface area contributed by atoms with Gasteiger partial charge in [-0.3, -0.25) is 0 Å². The Morgan fingerprint density at radius 1 is 0.826 bits per heavy atom. The molecule has 0 heterocycles. The van der Waals surface area contributed by atoms with Crippen LogP contribution in [0.5, 0.6) is 0 Å². The van der Waals surface area contributed by atoms with E-state index in [0.29, 0.717) is 12.2 Å². The van der Waals surface area contributed by atoms with Crippen LogP contribution in [0.2, 0.25) is 0 Å². The maximum atomic E-state index is 9.55. The minimum Gasteiger partial charge on any atom is -1.00 e. The quantitative estimate of drug-likeness (QED) is 0.324. The Balaban J connectivity index is -0.000000174. The molecule has 0 bridgehead atoms. The first kappa shape index (κ1) is 28.1. The van der Waals surface area contributed by atoms with E-state index in [4.69, 9.17) is 10.2 Å². The number of carboxylic acid groups (broad SMARTS) is 2. The van der Waals surface area contributed by atoms with Gasteiger partial charge in [-0.15, -0.1) is 0 Å². The van der Waals surface area contributed by atoms with Crippen LogP contribution in [0.1, 0.15) is 60.7 Å². The fourth-order valence-electron chi connectivity index (χ4n) is 2.10. The molecule has 0 saturated heterocycles. The first-order valence-corrected chi connectivity index (χ1v) is 8.28. The van der Waals surface area contributed by atoms with Crippen molar-refractivity contribution in [2.45, 2.75) is 59.3 Å². The molecule has 6 heteroatoms. The second-order valence-electron chi connectivity index (χ2n) is 5.86. The molecule has 132 valence electrons. The summed E-state index contributed by atoms with van der Waals surface area (Å²) in [7, 11) is 2.45. The van der Waals surface area contributed by atoms with Crippen molar-refractivity contribution in [1.29, 1.82) is 0 Å². The summed E-state index contributed by atoms with van der Waals surface area (Å²) in [6, 6.07) is 0. The Hall–Kier alpha value is 0.276. The molecule has 0 aromatic carbocycles. The van der Waals surface area contributed by atoms with Crippen molar-refractivity contribution in [1.82, 2.24) is 0 Å². The van der Waals surface area contributed by atoms with Gasteiger partial charge in [-0.05, 0) is 19.3 Å². The second kappa shape index (κ2) is 18.6. The number of nitrogens with zero attached hydrogens (tertiary/aromatic N) is 1. The van der Waals surface area contributed by atoms with Crippen LogP contribution in [-0.2, 0) is 9.59 Å². The topological polar surface area (TPSA) is 74.6 Å². The number of rotatable bonds is 11. The molecule has 0 aliphatic heterocycles. The molecule has 2 N–H and O–H groups in total. The van der Waals surface area contributed by atoms with Crippen LogP contribution in [0.4, 0.5) is 0 Å². The van der Waals surface area contributed by atoms with Gasteiger partial charge in [0.1, 0.15) is 0 Å². The van der Waals surface area contributed by atoms with E-state index in [1.807, 2.05) is 0 Å². The number of hydrogen-bond acceptors (Lipinski definition) is 2. The zero-order valence-electron chi connectivity index (χ0n) is 16.7. The van der Waals surface area contributed by atoms with E-state index in [1.165, 1.54) is 62.6 Å². The fourth-order valence-corrected chi connectivity index (χ4v) is 2.10. The third-order valence-electron chi connectivity index (χ3n) is 3.52. The predicted octanol–water partition coefficient (Wildman–Crippen LogP) is 0.662. The minimum absolute atomic E-state index is 0. The average Bonchev–Trinajstić information content (AvgIpc) is 2.48. The average molecular weight is 357 g/mol. The Morgan fingerprint density at radius 3 is 1.26 bits per heavy atom. The van der Waals surface area contributed by atoms with Crippen LogP contribution >= 0.6 is 0 Å². The van der Waals surface area contributed by atoms with Gasteiger partial charge < -0.3 is 16.1 Å². The van der Waals surface area contributed by atoms with Crippen LogP contribution in [0.3, 0.4) is 0 Å². The van der Waals surface area contributed by atoms with Crippen LogP contribution in [0.25, 0.3) is 0 Å². The molecule has 0 radical (unpaired) electrons. The zero-order valence-corrected chi connectivity index (χ0v) is 18.8. The smallest absolute Gasteiger partial charge is 1.00 e. The van der Waals surface area contributed by atoms with Crippen molar-refractivity contribution < 1.29 is 77.1 Å². The van der Waals surface area contributed by atoms with Gasteiger partial charge in [-0.25, -0.2) is 9.59 Å². The first-order chi connectivity index (χ1) is 10.3. The van der Waals surface area contributed by atoms with Gasteiger partial charge >= 0.3 is 63.3 Å². The maximum Gasteiger partial charge on any atom is 1.00 e. The van der Waals surface area contributed by atoms with Gasteiger partial charge in [0.05, 0.1) is 26.7 Å². The Labute approximate surface area is 185 Å². The van der Waals surface area contributed by atoms with E-state index in [1.54, 1.807) is 0 Å². The van der Waals surface area contributed by atoms with Gasteiger partial charge in [0.2, 0.25) is 0 Å². The molecule has 0 amide bonds. The van der Waals surface area contributed by atoms with E-state index < -0.39 is 11.9 Å².